The molecule has 0 aliphatic heterocycles. The summed E-state index contributed by atoms with van der Waals surface area (Å²) in [5.41, 5.74) is 0. The lowest BCUT2D eigenvalue weighted by molar-refractivity contribution is -0.137. The number of rotatable bonds is 8. The highest BCUT2D eigenvalue weighted by Gasteiger charge is 2.31. The van der Waals surface area contributed by atoms with E-state index in [9.17, 15) is 9.59 Å². The highest BCUT2D eigenvalue weighted by molar-refractivity contribution is 5.77. The molecule has 1 unspecified atom stereocenters. The summed E-state index contributed by atoms with van der Waals surface area (Å²) < 4.78 is 5.44. The van der Waals surface area contributed by atoms with Crippen LogP contribution >= 0.6 is 0 Å². The molecule has 0 aromatic rings. The molecule has 0 radical (unpaired) electrons. The average Bonchev–Trinajstić information content (AvgIpc) is 2.24. The molecule has 0 heterocycles. The van der Waals surface area contributed by atoms with E-state index < -0.39 is 5.97 Å². The van der Waals surface area contributed by atoms with Crippen LogP contribution in [0.2, 0.25) is 0 Å². The third kappa shape index (κ3) is 5.04. The van der Waals surface area contributed by atoms with Crippen molar-refractivity contribution >= 4 is 11.9 Å². The Balaban J connectivity index is 2.19. The Morgan fingerprint density at radius 1 is 1.39 bits per heavy atom. The Morgan fingerprint density at radius 3 is 2.56 bits per heavy atom. The van der Waals surface area contributed by atoms with Gasteiger partial charge < -0.3 is 15.2 Å². The van der Waals surface area contributed by atoms with Gasteiger partial charge in [0.25, 0.3) is 0 Å². The number of hydrogen-bond acceptors (Lipinski definition) is 3. The normalized spacial score (nSPS) is 24.1. The molecular formula is C13H23NO4. The number of hydrogen-bond donors (Lipinski definition) is 2. The quantitative estimate of drug-likeness (QED) is 0.692. The zero-order chi connectivity index (χ0) is 13.5. The van der Waals surface area contributed by atoms with Crippen molar-refractivity contribution in [2.24, 2.45) is 5.92 Å². The van der Waals surface area contributed by atoms with Crippen LogP contribution in [-0.4, -0.2) is 35.7 Å². The van der Waals surface area contributed by atoms with E-state index in [2.05, 4.69) is 5.32 Å². The molecule has 1 aliphatic rings. The summed E-state index contributed by atoms with van der Waals surface area (Å²) in [5.74, 6) is -0.519. The predicted molar refractivity (Wildman–Crippen MR) is 67.2 cm³/mol. The Labute approximate surface area is 108 Å². The van der Waals surface area contributed by atoms with Crippen LogP contribution in [0.15, 0.2) is 0 Å². The second kappa shape index (κ2) is 7.36. The molecule has 1 fully saturated rings. The molecule has 1 rings (SSSR count). The number of carboxylic acid groups (broad SMARTS) is 1. The minimum absolute atomic E-state index is 0.00548. The molecule has 2 N–H and O–H groups in total. The maximum absolute atomic E-state index is 11.7. The number of carbonyl (C=O) groups excluding carboxylic acids is 1. The lowest BCUT2D eigenvalue weighted by Gasteiger charge is -2.34. The van der Waals surface area contributed by atoms with Crippen molar-refractivity contribution in [2.45, 2.75) is 58.1 Å². The van der Waals surface area contributed by atoms with Crippen LogP contribution < -0.4 is 5.32 Å². The lowest BCUT2D eigenvalue weighted by Crippen LogP contribution is -2.40. The van der Waals surface area contributed by atoms with Gasteiger partial charge in [-0.2, -0.15) is 0 Å². The molecule has 0 aromatic carbocycles. The fourth-order valence-corrected chi connectivity index (χ4v) is 2.27. The van der Waals surface area contributed by atoms with E-state index in [1.807, 2.05) is 13.8 Å². The molecule has 0 bridgehead atoms. The highest BCUT2D eigenvalue weighted by atomic mass is 16.5. The molecule has 1 amide bonds. The maximum atomic E-state index is 11.7. The molecular weight excluding hydrogens is 234 g/mol. The summed E-state index contributed by atoms with van der Waals surface area (Å²) in [6.45, 7) is 4.57. The van der Waals surface area contributed by atoms with Crippen LogP contribution in [0, 0.1) is 5.92 Å². The van der Waals surface area contributed by atoms with Crippen molar-refractivity contribution in [3.05, 3.63) is 0 Å². The first-order chi connectivity index (χ1) is 8.55. The van der Waals surface area contributed by atoms with Gasteiger partial charge in [0.05, 0.1) is 12.5 Å². The summed E-state index contributed by atoms with van der Waals surface area (Å²) in [6.07, 6.45) is 3.32. The lowest BCUT2D eigenvalue weighted by atomic mass is 9.80. The SMILES string of the molecule is CCOC1CC(CC(=O)NC(CC)CC(=O)O)C1. The van der Waals surface area contributed by atoms with Gasteiger partial charge in [-0.25, -0.2) is 0 Å². The van der Waals surface area contributed by atoms with Crippen molar-refractivity contribution in [3.63, 3.8) is 0 Å². The molecule has 0 aromatic heterocycles. The molecule has 0 spiro atoms. The van der Waals surface area contributed by atoms with Crippen LogP contribution in [0.3, 0.4) is 0 Å². The average molecular weight is 257 g/mol. The molecule has 0 saturated heterocycles. The summed E-state index contributed by atoms with van der Waals surface area (Å²) >= 11 is 0. The number of nitrogens with one attached hydrogen (secondary N) is 1. The summed E-state index contributed by atoms with van der Waals surface area (Å²) in [7, 11) is 0. The van der Waals surface area contributed by atoms with Crippen LogP contribution in [0.1, 0.15) is 46.0 Å². The molecule has 104 valence electrons. The zero-order valence-electron chi connectivity index (χ0n) is 11.1. The van der Waals surface area contributed by atoms with Gasteiger partial charge in [0.1, 0.15) is 0 Å². The predicted octanol–water partition coefficient (Wildman–Crippen LogP) is 1.56. The maximum Gasteiger partial charge on any atom is 0.305 e. The van der Waals surface area contributed by atoms with Crippen molar-refractivity contribution < 1.29 is 19.4 Å². The number of ether oxygens (including phenoxy) is 1. The van der Waals surface area contributed by atoms with E-state index >= 15 is 0 Å². The fraction of sp³-hybridized carbons (Fsp3) is 0.846. The number of amides is 1. The fourth-order valence-electron chi connectivity index (χ4n) is 2.27. The molecule has 18 heavy (non-hydrogen) atoms. The van der Waals surface area contributed by atoms with E-state index in [1.54, 1.807) is 0 Å². The van der Waals surface area contributed by atoms with Gasteiger partial charge in [0, 0.05) is 19.1 Å². The Kier molecular flexibility index (Phi) is 6.12. The molecule has 1 saturated carbocycles. The van der Waals surface area contributed by atoms with Crippen LogP contribution in [0.5, 0.6) is 0 Å². The van der Waals surface area contributed by atoms with E-state index in [-0.39, 0.29) is 18.4 Å². The van der Waals surface area contributed by atoms with Gasteiger partial charge in [-0.15, -0.1) is 0 Å². The highest BCUT2D eigenvalue weighted by Crippen LogP contribution is 2.32. The van der Waals surface area contributed by atoms with Gasteiger partial charge in [0.15, 0.2) is 0 Å². The third-order valence-electron chi connectivity index (χ3n) is 3.35. The minimum atomic E-state index is -0.873. The first-order valence-electron chi connectivity index (χ1n) is 6.67. The van der Waals surface area contributed by atoms with Crippen molar-refractivity contribution in [1.82, 2.24) is 5.32 Å². The molecule has 5 nitrogen and oxygen atoms in total. The number of carbonyl (C=O) groups is 2. The summed E-state index contributed by atoms with van der Waals surface area (Å²) in [6, 6.07) is -0.252. The first-order valence-corrected chi connectivity index (χ1v) is 6.67. The van der Waals surface area contributed by atoms with Crippen LogP contribution in [-0.2, 0) is 14.3 Å². The topological polar surface area (TPSA) is 75.6 Å². The van der Waals surface area contributed by atoms with Gasteiger partial charge in [-0.3, -0.25) is 9.59 Å². The zero-order valence-corrected chi connectivity index (χ0v) is 11.1. The number of aliphatic carboxylic acids is 1. The van der Waals surface area contributed by atoms with Crippen LogP contribution in [0.4, 0.5) is 0 Å². The molecule has 1 aliphatic carbocycles. The van der Waals surface area contributed by atoms with Gasteiger partial charge in [0.2, 0.25) is 5.91 Å². The van der Waals surface area contributed by atoms with E-state index in [0.29, 0.717) is 24.9 Å². The van der Waals surface area contributed by atoms with Crippen molar-refractivity contribution in [2.75, 3.05) is 6.61 Å². The Hall–Kier alpha value is -1.10. The van der Waals surface area contributed by atoms with E-state index in [1.165, 1.54) is 0 Å². The molecule has 1 atom stereocenters. The van der Waals surface area contributed by atoms with Crippen molar-refractivity contribution in [1.29, 1.82) is 0 Å². The third-order valence-corrected chi connectivity index (χ3v) is 3.35. The van der Waals surface area contributed by atoms with E-state index in [4.69, 9.17) is 9.84 Å². The van der Waals surface area contributed by atoms with Crippen LogP contribution in [0.25, 0.3) is 0 Å². The van der Waals surface area contributed by atoms with Crippen molar-refractivity contribution in [3.8, 4) is 0 Å². The van der Waals surface area contributed by atoms with Gasteiger partial charge >= 0.3 is 5.97 Å². The Morgan fingerprint density at radius 2 is 2.06 bits per heavy atom. The summed E-state index contributed by atoms with van der Waals surface area (Å²) in [5, 5.41) is 11.5. The van der Waals surface area contributed by atoms with Gasteiger partial charge in [-0.1, -0.05) is 6.92 Å². The Bertz CT molecular complexity index is 287. The minimum Gasteiger partial charge on any atom is -0.481 e. The smallest absolute Gasteiger partial charge is 0.305 e. The second-order valence-corrected chi connectivity index (χ2v) is 4.89. The number of carboxylic acids is 1. The van der Waals surface area contributed by atoms with E-state index in [0.717, 1.165) is 19.4 Å². The standard InChI is InChI=1S/C13H23NO4/c1-3-10(8-13(16)17)14-12(15)7-9-5-11(6-9)18-4-2/h9-11H,3-8H2,1-2H3,(H,14,15)(H,16,17). The monoisotopic (exact) mass is 257 g/mol. The molecule has 5 heteroatoms. The first kappa shape index (κ1) is 15.0. The largest absolute Gasteiger partial charge is 0.481 e. The summed E-state index contributed by atoms with van der Waals surface area (Å²) in [4.78, 5) is 22.3. The van der Waals surface area contributed by atoms with Gasteiger partial charge in [-0.05, 0) is 32.1 Å². The second-order valence-electron chi connectivity index (χ2n) is 4.89.